The van der Waals surface area contributed by atoms with Gasteiger partial charge in [0.15, 0.2) is 0 Å². The Kier molecular flexibility index (Phi) is 3.83. The summed E-state index contributed by atoms with van der Waals surface area (Å²) in [4.78, 5) is 15.5. The van der Waals surface area contributed by atoms with Crippen molar-refractivity contribution < 1.29 is 14.6 Å². The van der Waals surface area contributed by atoms with Crippen LogP contribution in [0.15, 0.2) is 6.07 Å². The van der Waals surface area contributed by atoms with E-state index in [1.54, 1.807) is 6.07 Å². The molecule has 0 aromatic carbocycles. The van der Waals surface area contributed by atoms with Crippen molar-refractivity contribution in [2.24, 2.45) is 0 Å². The van der Waals surface area contributed by atoms with E-state index in [1.807, 2.05) is 0 Å². The van der Waals surface area contributed by atoms with Gasteiger partial charge in [-0.05, 0) is 37.3 Å². The summed E-state index contributed by atoms with van der Waals surface area (Å²) in [6.07, 6.45) is 9.54. The van der Waals surface area contributed by atoms with Crippen LogP contribution in [-0.2, 0) is 12.8 Å². The molecule has 0 spiro atoms. The summed E-state index contributed by atoms with van der Waals surface area (Å²) in [6.45, 7) is 0.294. The van der Waals surface area contributed by atoms with E-state index >= 15 is 0 Å². The number of aromatic carboxylic acids is 1. The molecule has 1 aromatic heterocycles. The summed E-state index contributed by atoms with van der Waals surface area (Å²) in [5, 5.41) is 9.16. The Bertz CT molecular complexity index is 502. The van der Waals surface area contributed by atoms with E-state index in [0.717, 1.165) is 36.9 Å². The van der Waals surface area contributed by atoms with Crippen molar-refractivity contribution in [2.45, 2.75) is 32.1 Å². The van der Waals surface area contributed by atoms with Crippen molar-refractivity contribution in [2.75, 3.05) is 6.61 Å². The van der Waals surface area contributed by atoms with Crippen molar-refractivity contribution >= 4 is 5.97 Å². The number of aryl methyl sites for hydroxylation is 2. The summed E-state index contributed by atoms with van der Waals surface area (Å²) < 4.78 is 5.37. The molecule has 1 aliphatic carbocycles. The van der Waals surface area contributed by atoms with E-state index in [2.05, 4.69) is 10.9 Å². The number of fused-ring (bicyclic) bond motifs is 1. The molecule has 1 aromatic rings. The topological polar surface area (TPSA) is 59.4 Å². The smallest absolute Gasteiger partial charge is 0.341 e. The van der Waals surface area contributed by atoms with Crippen LogP contribution >= 0.6 is 0 Å². The van der Waals surface area contributed by atoms with Gasteiger partial charge in [0.1, 0.15) is 12.2 Å². The molecule has 0 bridgehead atoms. The lowest BCUT2D eigenvalue weighted by Crippen LogP contribution is -2.12. The summed E-state index contributed by atoms with van der Waals surface area (Å²) in [5.74, 6) is 1.63. The Labute approximate surface area is 106 Å². The molecule has 0 unspecified atom stereocenters. The molecular weight excluding hydrogens is 230 g/mol. The van der Waals surface area contributed by atoms with Gasteiger partial charge in [0.05, 0.1) is 0 Å². The summed E-state index contributed by atoms with van der Waals surface area (Å²) in [6, 6.07) is 1.69. The molecule has 0 fully saturated rings. The second kappa shape index (κ2) is 5.54. The first-order chi connectivity index (χ1) is 8.72. The molecule has 4 heteroatoms. The lowest BCUT2D eigenvalue weighted by atomic mass is 9.95. The van der Waals surface area contributed by atoms with Gasteiger partial charge in [-0.25, -0.2) is 9.78 Å². The quantitative estimate of drug-likeness (QED) is 0.651. The zero-order chi connectivity index (χ0) is 13.0. The molecule has 0 amide bonds. The number of aromatic nitrogens is 1. The molecule has 18 heavy (non-hydrogen) atoms. The fourth-order valence-electron chi connectivity index (χ4n) is 2.08. The van der Waals surface area contributed by atoms with Gasteiger partial charge < -0.3 is 9.84 Å². The first kappa shape index (κ1) is 12.4. The Morgan fingerprint density at radius 2 is 2.28 bits per heavy atom. The third-order valence-electron chi connectivity index (χ3n) is 2.98. The molecule has 0 radical (unpaired) electrons. The first-order valence-corrected chi connectivity index (χ1v) is 6.04. The minimum Gasteiger partial charge on any atom is -0.477 e. The molecular formula is C14H15NO3. The molecule has 1 N–H and O–H groups in total. The molecule has 1 heterocycles. The molecule has 2 rings (SSSR count). The van der Waals surface area contributed by atoms with Crippen LogP contribution in [0.5, 0.6) is 5.88 Å². The van der Waals surface area contributed by atoms with Gasteiger partial charge in [-0.15, -0.1) is 12.3 Å². The first-order valence-electron chi connectivity index (χ1n) is 6.04. The van der Waals surface area contributed by atoms with E-state index < -0.39 is 5.97 Å². The highest BCUT2D eigenvalue weighted by atomic mass is 16.5. The number of rotatable bonds is 4. The van der Waals surface area contributed by atoms with Gasteiger partial charge in [0.2, 0.25) is 5.88 Å². The van der Waals surface area contributed by atoms with Gasteiger partial charge in [-0.1, -0.05) is 0 Å². The number of hydrogen-bond acceptors (Lipinski definition) is 3. The number of ether oxygens (including phenoxy) is 1. The Morgan fingerprint density at radius 3 is 3.00 bits per heavy atom. The molecule has 0 atom stereocenters. The Morgan fingerprint density at radius 1 is 1.50 bits per heavy atom. The van der Waals surface area contributed by atoms with E-state index in [0.29, 0.717) is 13.0 Å². The SMILES string of the molecule is C#CCCOc1nc2c(cc1C(=O)O)CCCC2. The van der Waals surface area contributed by atoms with Crippen LogP contribution in [0, 0.1) is 12.3 Å². The van der Waals surface area contributed by atoms with Crippen molar-refractivity contribution in [3.8, 4) is 18.2 Å². The van der Waals surface area contributed by atoms with Crippen LogP contribution in [0.4, 0.5) is 0 Å². The molecule has 1 aliphatic rings. The number of carboxylic acids is 1. The summed E-state index contributed by atoms with van der Waals surface area (Å²) in [5.41, 5.74) is 2.12. The van der Waals surface area contributed by atoms with Crippen LogP contribution in [0.25, 0.3) is 0 Å². The molecule has 94 valence electrons. The minimum atomic E-state index is -1.01. The Balaban J connectivity index is 2.30. The fraction of sp³-hybridized carbons (Fsp3) is 0.429. The predicted octanol–water partition coefficient (Wildman–Crippen LogP) is 2.06. The third-order valence-corrected chi connectivity index (χ3v) is 2.98. The summed E-state index contributed by atoms with van der Waals surface area (Å²) >= 11 is 0. The largest absolute Gasteiger partial charge is 0.477 e. The van der Waals surface area contributed by atoms with E-state index in [9.17, 15) is 4.79 Å². The maximum atomic E-state index is 11.2. The average molecular weight is 245 g/mol. The third kappa shape index (κ3) is 2.62. The number of pyridine rings is 1. The monoisotopic (exact) mass is 245 g/mol. The van der Waals surface area contributed by atoms with Gasteiger partial charge in [-0.3, -0.25) is 0 Å². The Hall–Kier alpha value is -2.02. The van der Waals surface area contributed by atoms with E-state index in [4.69, 9.17) is 16.3 Å². The molecule has 0 aliphatic heterocycles. The van der Waals surface area contributed by atoms with Crippen LogP contribution in [-0.4, -0.2) is 22.7 Å². The van der Waals surface area contributed by atoms with Gasteiger partial charge in [0.25, 0.3) is 0 Å². The maximum absolute atomic E-state index is 11.2. The van der Waals surface area contributed by atoms with Crippen LogP contribution < -0.4 is 4.74 Å². The number of carboxylic acid groups (broad SMARTS) is 1. The lowest BCUT2D eigenvalue weighted by Gasteiger charge is -2.17. The van der Waals surface area contributed by atoms with Gasteiger partial charge in [0, 0.05) is 12.1 Å². The molecule has 0 saturated carbocycles. The van der Waals surface area contributed by atoms with Crippen molar-refractivity contribution in [3.63, 3.8) is 0 Å². The van der Waals surface area contributed by atoms with Crippen molar-refractivity contribution in [1.82, 2.24) is 4.98 Å². The highest BCUT2D eigenvalue weighted by Crippen LogP contribution is 2.26. The number of terminal acetylenes is 1. The fourth-order valence-corrected chi connectivity index (χ4v) is 2.08. The molecule has 0 saturated heterocycles. The predicted molar refractivity (Wildman–Crippen MR) is 66.8 cm³/mol. The van der Waals surface area contributed by atoms with Gasteiger partial charge >= 0.3 is 5.97 Å². The van der Waals surface area contributed by atoms with Crippen molar-refractivity contribution in [3.05, 3.63) is 22.9 Å². The number of hydrogen-bond donors (Lipinski definition) is 1. The van der Waals surface area contributed by atoms with Crippen LogP contribution in [0.2, 0.25) is 0 Å². The number of nitrogens with zero attached hydrogens (tertiary/aromatic N) is 1. The van der Waals surface area contributed by atoms with Gasteiger partial charge in [-0.2, -0.15) is 0 Å². The zero-order valence-electron chi connectivity index (χ0n) is 10.1. The minimum absolute atomic E-state index is 0.132. The normalized spacial score (nSPS) is 13.5. The zero-order valence-corrected chi connectivity index (χ0v) is 10.1. The highest BCUT2D eigenvalue weighted by molar-refractivity contribution is 5.90. The highest BCUT2D eigenvalue weighted by Gasteiger charge is 2.19. The van der Waals surface area contributed by atoms with E-state index in [-0.39, 0.29) is 11.4 Å². The van der Waals surface area contributed by atoms with E-state index in [1.165, 1.54) is 0 Å². The summed E-state index contributed by atoms with van der Waals surface area (Å²) in [7, 11) is 0. The van der Waals surface area contributed by atoms with Crippen LogP contribution in [0.3, 0.4) is 0 Å². The van der Waals surface area contributed by atoms with Crippen molar-refractivity contribution in [1.29, 1.82) is 0 Å². The number of carbonyl (C=O) groups is 1. The standard InChI is InChI=1S/C14H15NO3/c1-2-3-8-18-13-11(14(16)17)9-10-6-4-5-7-12(10)15-13/h1,9H,3-8H2,(H,16,17). The second-order valence-corrected chi connectivity index (χ2v) is 4.26. The lowest BCUT2D eigenvalue weighted by molar-refractivity contribution is 0.0691. The molecule has 4 nitrogen and oxygen atoms in total. The van der Waals surface area contributed by atoms with Crippen LogP contribution in [0.1, 0.15) is 40.9 Å². The second-order valence-electron chi connectivity index (χ2n) is 4.26. The average Bonchev–Trinajstić information content (AvgIpc) is 2.38. The maximum Gasteiger partial charge on any atom is 0.341 e.